The maximum absolute atomic E-state index is 12.8. The van der Waals surface area contributed by atoms with Crippen LogP contribution in [0.2, 0.25) is 0 Å². The number of methoxy groups -OCH3 is 1. The van der Waals surface area contributed by atoms with Crippen LogP contribution in [-0.2, 0) is 19.4 Å². The Kier molecular flexibility index (Phi) is 6.12. The summed E-state index contributed by atoms with van der Waals surface area (Å²) in [6, 6.07) is 3.77. The van der Waals surface area contributed by atoms with Gasteiger partial charge in [-0.25, -0.2) is 13.2 Å². The summed E-state index contributed by atoms with van der Waals surface area (Å²) in [6.45, 7) is -0.489. The van der Waals surface area contributed by atoms with Crippen LogP contribution in [0.3, 0.4) is 0 Å². The lowest BCUT2D eigenvalue weighted by molar-refractivity contribution is -0.139. The number of carbonyl (C=O) groups excluding carboxylic acids is 2. The zero-order valence-corrected chi connectivity index (χ0v) is 16.6. The predicted octanol–water partition coefficient (Wildman–Crippen LogP) is 1.52. The second-order valence-electron chi connectivity index (χ2n) is 7.26. The molecule has 1 amide bonds. The maximum Gasteiger partial charge on any atom is 0.342 e. The predicted molar refractivity (Wildman–Crippen MR) is 101 cm³/mol. The number of aromatic hydroxyl groups is 1. The minimum absolute atomic E-state index is 0.0149. The molecule has 0 radical (unpaired) electrons. The van der Waals surface area contributed by atoms with Crippen LogP contribution in [0.4, 0.5) is 0 Å². The highest BCUT2D eigenvalue weighted by Crippen LogP contribution is 2.29. The largest absolute Gasteiger partial charge is 0.507 e. The number of hydrogen-bond donors (Lipinski definition) is 1. The molecule has 1 heterocycles. The monoisotopic (exact) mass is 411 g/mol. The van der Waals surface area contributed by atoms with E-state index in [1.807, 2.05) is 0 Å². The van der Waals surface area contributed by atoms with Crippen molar-refractivity contribution in [3.05, 3.63) is 23.8 Å². The molecule has 0 unspecified atom stereocenters. The molecule has 1 N–H and O–H groups in total. The van der Waals surface area contributed by atoms with Crippen molar-refractivity contribution in [2.45, 2.75) is 44.2 Å². The minimum Gasteiger partial charge on any atom is -0.507 e. The van der Waals surface area contributed by atoms with Crippen molar-refractivity contribution in [2.75, 3.05) is 25.2 Å². The second kappa shape index (κ2) is 8.38. The van der Waals surface area contributed by atoms with E-state index in [1.54, 1.807) is 4.90 Å². The lowest BCUT2D eigenvalue weighted by Gasteiger charge is -2.33. The molecule has 1 saturated carbocycles. The van der Waals surface area contributed by atoms with Crippen LogP contribution in [0.1, 0.15) is 42.5 Å². The SMILES string of the molecule is COc1ccc(C(=O)OCC(=O)N(C2CCCC2)[C@H]2CCS(=O)(=O)C2)c(O)c1. The number of rotatable bonds is 6. The Bertz CT molecular complexity index is 846. The van der Waals surface area contributed by atoms with Gasteiger partial charge in [-0.05, 0) is 31.4 Å². The van der Waals surface area contributed by atoms with Gasteiger partial charge in [0.05, 0.1) is 18.6 Å². The van der Waals surface area contributed by atoms with Gasteiger partial charge >= 0.3 is 5.97 Å². The average molecular weight is 411 g/mol. The molecule has 154 valence electrons. The maximum atomic E-state index is 12.8. The van der Waals surface area contributed by atoms with E-state index < -0.39 is 28.3 Å². The number of benzene rings is 1. The van der Waals surface area contributed by atoms with Crippen molar-refractivity contribution in [3.63, 3.8) is 0 Å². The van der Waals surface area contributed by atoms with Crippen LogP contribution in [-0.4, -0.2) is 67.6 Å². The molecule has 1 atom stereocenters. The summed E-state index contributed by atoms with van der Waals surface area (Å²) in [4.78, 5) is 26.7. The van der Waals surface area contributed by atoms with Crippen molar-refractivity contribution in [1.82, 2.24) is 4.90 Å². The highest BCUT2D eigenvalue weighted by molar-refractivity contribution is 7.91. The molecular weight excluding hydrogens is 386 g/mol. The normalized spacial score (nSPS) is 21.4. The minimum atomic E-state index is -3.14. The van der Waals surface area contributed by atoms with Crippen LogP contribution in [0, 0.1) is 0 Å². The summed E-state index contributed by atoms with van der Waals surface area (Å²) in [5, 5.41) is 9.93. The third-order valence-corrected chi connectivity index (χ3v) is 7.11. The Hall–Kier alpha value is -2.29. The van der Waals surface area contributed by atoms with Gasteiger partial charge in [0.15, 0.2) is 16.4 Å². The number of phenols is 1. The Morgan fingerprint density at radius 3 is 2.46 bits per heavy atom. The first-order valence-corrected chi connectivity index (χ1v) is 11.2. The molecule has 8 nitrogen and oxygen atoms in total. The molecule has 0 spiro atoms. The molecule has 3 rings (SSSR count). The first-order chi connectivity index (χ1) is 13.3. The van der Waals surface area contributed by atoms with Crippen LogP contribution < -0.4 is 4.74 Å². The number of nitrogens with zero attached hydrogens (tertiary/aromatic N) is 1. The Balaban J connectivity index is 1.67. The molecule has 0 bridgehead atoms. The first-order valence-electron chi connectivity index (χ1n) is 9.36. The highest BCUT2D eigenvalue weighted by atomic mass is 32.2. The van der Waals surface area contributed by atoms with E-state index >= 15 is 0 Å². The quantitative estimate of drug-likeness (QED) is 0.707. The molecule has 1 aromatic carbocycles. The number of esters is 1. The fraction of sp³-hybridized carbons (Fsp3) is 0.579. The molecule has 9 heteroatoms. The van der Waals surface area contributed by atoms with Crippen molar-refractivity contribution in [3.8, 4) is 11.5 Å². The van der Waals surface area contributed by atoms with Gasteiger partial charge in [0.25, 0.3) is 5.91 Å². The lowest BCUT2D eigenvalue weighted by atomic mass is 10.1. The summed E-state index contributed by atoms with van der Waals surface area (Å²) >= 11 is 0. The number of carbonyl (C=O) groups is 2. The van der Waals surface area contributed by atoms with Gasteiger partial charge in [-0.3, -0.25) is 4.79 Å². The number of amides is 1. The van der Waals surface area contributed by atoms with Crippen molar-refractivity contribution in [2.24, 2.45) is 0 Å². The van der Waals surface area contributed by atoms with E-state index in [2.05, 4.69) is 0 Å². The van der Waals surface area contributed by atoms with Gasteiger partial charge in [0, 0.05) is 18.2 Å². The molecule has 1 saturated heterocycles. The van der Waals surface area contributed by atoms with Crippen molar-refractivity contribution >= 4 is 21.7 Å². The van der Waals surface area contributed by atoms with Gasteiger partial charge in [-0.1, -0.05) is 12.8 Å². The number of ether oxygens (including phenoxy) is 2. The van der Waals surface area contributed by atoms with Crippen molar-refractivity contribution < 1.29 is 32.6 Å². The standard InChI is InChI=1S/C19H25NO7S/c1-26-15-6-7-16(17(21)10-15)19(23)27-11-18(22)20(13-4-2-3-5-13)14-8-9-28(24,25)12-14/h6-7,10,13-14,21H,2-5,8-9,11-12H2,1H3/t14-/m0/s1. The van der Waals surface area contributed by atoms with Crippen LogP contribution >= 0.6 is 0 Å². The van der Waals surface area contributed by atoms with Gasteiger partial charge in [-0.15, -0.1) is 0 Å². The Labute approximate surface area is 164 Å². The second-order valence-corrected chi connectivity index (χ2v) is 9.48. The van der Waals surface area contributed by atoms with Crippen LogP contribution in [0.15, 0.2) is 18.2 Å². The first kappa shape index (κ1) is 20.4. The van der Waals surface area contributed by atoms with Gasteiger partial charge in [-0.2, -0.15) is 0 Å². The van der Waals surface area contributed by atoms with Gasteiger partial charge < -0.3 is 19.5 Å². The number of hydrogen-bond acceptors (Lipinski definition) is 7. The number of phenolic OH excluding ortho intramolecular Hbond substituents is 1. The highest BCUT2D eigenvalue weighted by Gasteiger charge is 2.39. The summed E-state index contributed by atoms with van der Waals surface area (Å²) in [5.41, 5.74) is -0.0653. The summed E-state index contributed by atoms with van der Waals surface area (Å²) in [7, 11) is -1.70. The summed E-state index contributed by atoms with van der Waals surface area (Å²) < 4.78 is 33.8. The zero-order valence-electron chi connectivity index (χ0n) is 15.8. The molecule has 28 heavy (non-hydrogen) atoms. The van der Waals surface area contributed by atoms with E-state index in [0.29, 0.717) is 12.2 Å². The van der Waals surface area contributed by atoms with E-state index in [4.69, 9.17) is 9.47 Å². The van der Waals surface area contributed by atoms with Crippen LogP contribution in [0.25, 0.3) is 0 Å². The number of sulfone groups is 1. The molecular formula is C19H25NO7S. The smallest absolute Gasteiger partial charge is 0.342 e. The fourth-order valence-electron chi connectivity index (χ4n) is 3.97. The van der Waals surface area contributed by atoms with Gasteiger partial charge in [0.1, 0.15) is 17.1 Å². The summed E-state index contributed by atoms with van der Waals surface area (Å²) in [6.07, 6.45) is 4.06. The molecule has 2 fully saturated rings. The Morgan fingerprint density at radius 1 is 1.18 bits per heavy atom. The summed E-state index contributed by atoms with van der Waals surface area (Å²) in [5.74, 6) is -1.09. The van der Waals surface area contributed by atoms with E-state index in [9.17, 15) is 23.1 Å². The lowest BCUT2D eigenvalue weighted by Crippen LogP contribution is -2.48. The third-order valence-electron chi connectivity index (χ3n) is 5.36. The molecule has 1 aromatic rings. The Morgan fingerprint density at radius 2 is 1.89 bits per heavy atom. The van der Waals surface area contributed by atoms with Crippen molar-refractivity contribution in [1.29, 1.82) is 0 Å². The molecule has 1 aliphatic carbocycles. The van der Waals surface area contributed by atoms with Gasteiger partial charge in [0.2, 0.25) is 0 Å². The zero-order chi connectivity index (χ0) is 20.3. The third kappa shape index (κ3) is 4.57. The average Bonchev–Trinajstić information content (AvgIpc) is 3.29. The van der Waals surface area contributed by atoms with E-state index in [-0.39, 0.29) is 34.9 Å². The van der Waals surface area contributed by atoms with E-state index in [0.717, 1.165) is 25.7 Å². The molecule has 0 aromatic heterocycles. The molecule has 2 aliphatic rings. The topological polar surface area (TPSA) is 110 Å². The van der Waals surface area contributed by atoms with E-state index in [1.165, 1.54) is 25.3 Å². The molecule has 1 aliphatic heterocycles. The fourth-order valence-corrected chi connectivity index (χ4v) is 5.68. The van der Waals surface area contributed by atoms with Crippen LogP contribution in [0.5, 0.6) is 11.5 Å².